The van der Waals surface area contributed by atoms with Crippen molar-refractivity contribution in [1.82, 2.24) is 4.90 Å². The first-order valence-electron chi connectivity index (χ1n) is 7.16. The van der Waals surface area contributed by atoms with Crippen LogP contribution >= 0.6 is 0 Å². The average Bonchev–Trinajstić information content (AvgIpc) is 2.49. The van der Waals surface area contributed by atoms with Crippen LogP contribution in [0.2, 0.25) is 0 Å². The summed E-state index contributed by atoms with van der Waals surface area (Å²) >= 11 is 0. The molecule has 1 saturated heterocycles. The quantitative estimate of drug-likeness (QED) is 0.330. The SMILES string of the molecule is N/C(=N\O)c1ccc(CN2CCCCC2CCO)cc1. The Morgan fingerprint density at radius 1 is 1.30 bits per heavy atom. The molecule has 1 atom stereocenters. The van der Waals surface area contributed by atoms with E-state index in [1.54, 1.807) is 0 Å². The van der Waals surface area contributed by atoms with Gasteiger partial charge in [-0.3, -0.25) is 4.90 Å². The zero-order chi connectivity index (χ0) is 14.4. The molecule has 2 rings (SSSR count). The van der Waals surface area contributed by atoms with Crippen molar-refractivity contribution in [2.75, 3.05) is 13.2 Å². The number of rotatable bonds is 5. The fraction of sp³-hybridized carbons (Fsp3) is 0.533. The lowest BCUT2D eigenvalue weighted by atomic mass is 9.98. The Balaban J connectivity index is 2.01. The number of aliphatic hydroxyl groups excluding tert-OH is 1. The Hall–Kier alpha value is -1.59. The summed E-state index contributed by atoms with van der Waals surface area (Å²) in [5.41, 5.74) is 7.49. The Kier molecular flexibility index (Phi) is 5.38. The van der Waals surface area contributed by atoms with Gasteiger partial charge in [-0.2, -0.15) is 0 Å². The van der Waals surface area contributed by atoms with Crippen LogP contribution in [0.1, 0.15) is 36.8 Å². The first-order chi connectivity index (χ1) is 9.74. The standard InChI is InChI=1S/C15H23N3O2/c16-15(17-20)13-6-4-12(5-7-13)11-18-9-2-1-3-14(18)8-10-19/h4-7,14,19-20H,1-3,8-11H2,(H2,16,17). The summed E-state index contributed by atoms with van der Waals surface area (Å²) in [6, 6.07) is 8.25. The highest BCUT2D eigenvalue weighted by atomic mass is 16.4. The minimum Gasteiger partial charge on any atom is -0.409 e. The van der Waals surface area contributed by atoms with Crippen LogP contribution in [0.3, 0.4) is 0 Å². The predicted molar refractivity (Wildman–Crippen MR) is 78.7 cm³/mol. The zero-order valence-electron chi connectivity index (χ0n) is 11.7. The van der Waals surface area contributed by atoms with E-state index in [1.165, 1.54) is 24.8 Å². The van der Waals surface area contributed by atoms with Crippen molar-refractivity contribution in [3.8, 4) is 0 Å². The van der Waals surface area contributed by atoms with E-state index in [-0.39, 0.29) is 12.4 Å². The van der Waals surface area contributed by atoms with E-state index < -0.39 is 0 Å². The molecule has 0 amide bonds. The number of hydrogen-bond acceptors (Lipinski definition) is 4. The van der Waals surface area contributed by atoms with Crippen molar-refractivity contribution in [2.45, 2.75) is 38.3 Å². The van der Waals surface area contributed by atoms with Gasteiger partial charge in [-0.25, -0.2) is 0 Å². The lowest BCUT2D eigenvalue weighted by Crippen LogP contribution is -2.39. The number of benzene rings is 1. The third kappa shape index (κ3) is 3.71. The van der Waals surface area contributed by atoms with E-state index >= 15 is 0 Å². The fourth-order valence-corrected chi connectivity index (χ4v) is 2.82. The molecule has 5 heteroatoms. The fourth-order valence-electron chi connectivity index (χ4n) is 2.82. The largest absolute Gasteiger partial charge is 0.409 e. The molecule has 0 spiro atoms. The highest BCUT2D eigenvalue weighted by Gasteiger charge is 2.21. The summed E-state index contributed by atoms with van der Waals surface area (Å²) in [5, 5.41) is 20.8. The molecule has 0 aromatic heterocycles. The van der Waals surface area contributed by atoms with E-state index in [9.17, 15) is 0 Å². The van der Waals surface area contributed by atoms with E-state index in [2.05, 4.69) is 10.1 Å². The van der Waals surface area contributed by atoms with E-state index in [0.717, 1.165) is 25.1 Å². The second kappa shape index (κ2) is 7.26. The van der Waals surface area contributed by atoms with Gasteiger partial charge < -0.3 is 16.0 Å². The minimum atomic E-state index is 0.132. The molecular weight excluding hydrogens is 254 g/mol. The maximum atomic E-state index is 9.15. The average molecular weight is 277 g/mol. The van der Waals surface area contributed by atoms with Crippen LogP contribution in [0, 0.1) is 0 Å². The molecule has 1 aromatic rings. The molecule has 0 aliphatic carbocycles. The number of nitrogens with two attached hydrogens (primary N) is 1. The number of likely N-dealkylation sites (tertiary alicyclic amines) is 1. The van der Waals surface area contributed by atoms with Crippen LogP contribution in [0.5, 0.6) is 0 Å². The molecule has 0 radical (unpaired) electrons. The molecule has 1 aliphatic heterocycles. The van der Waals surface area contributed by atoms with Crippen molar-refractivity contribution in [2.24, 2.45) is 10.9 Å². The number of hydrogen-bond donors (Lipinski definition) is 3. The van der Waals surface area contributed by atoms with Gasteiger partial charge in [0.25, 0.3) is 0 Å². The van der Waals surface area contributed by atoms with Crippen molar-refractivity contribution in [1.29, 1.82) is 0 Å². The van der Waals surface area contributed by atoms with Gasteiger partial charge in [-0.1, -0.05) is 35.8 Å². The van der Waals surface area contributed by atoms with Gasteiger partial charge in [0, 0.05) is 24.8 Å². The normalized spacial score (nSPS) is 21.1. The van der Waals surface area contributed by atoms with Crippen LogP contribution in [0.4, 0.5) is 0 Å². The van der Waals surface area contributed by atoms with Gasteiger partial charge in [0.1, 0.15) is 0 Å². The molecule has 1 aromatic carbocycles. The minimum absolute atomic E-state index is 0.132. The second-order valence-electron chi connectivity index (χ2n) is 5.31. The lowest BCUT2D eigenvalue weighted by Gasteiger charge is -2.35. The monoisotopic (exact) mass is 277 g/mol. The molecule has 4 N–H and O–H groups in total. The molecule has 1 aliphatic rings. The van der Waals surface area contributed by atoms with E-state index in [1.807, 2.05) is 24.3 Å². The Bertz CT molecular complexity index is 443. The zero-order valence-corrected chi connectivity index (χ0v) is 11.7. The topological polar surface area (TPSA) is 82.1 Å². The Morgan fingerprint density at radius 2 is 2.05 bits per heavy atom. The van der Waals surface area contributed by atoms with Gasteiger partial charge in [0.2, 0.25) is 0 Å². The van der Waals surface area contributed by atoms with Crippen molar-refractivity contribution >= 4 is 5.84 Å². The maximum absolute atomic E-state index is 9.15. The van der Waals surface area contributed by atoms with Crippen molar-refractivity contribution < 1.29 is 10.3 Å². The molecule has 0 bridgehead atoms. The number of piperidine rings is 1. The van der Waals surface area contributed by atoms with Gasteiger partial charge in [-0.05, 0) is 31.4 Å². The third-order valence-electron chi connectivity index (χ3n) is 3.95. The summed E-state index contributed by atoms with van der Waals surface area (Å²) < 4.78 is 0. The molecule has 1 unspecified atom stereocenters. The van der Waals surface area contributed by atoms with Crippen LogP contribution in [-0.2, 0) is 6.54 Å². The maximum Gasteiger partial charge on any atom is 0.170 e. The van der Waals surface area contributed by atoms with Gasteiger partial charge >= 0.3 is 0 Å². The van der Waals surface area contributed by atoms with E-state index in [0.29, 0.717) is 6.04 Å². The van der Waals surface area contributed by atoms with Crippen LogP contribution in [0.25, 0.3) is 0 Å². The molecule has 5 nitrogen and oxygen atoms in total. The van der Waals surface area contributed by atoms with E-state index in [4.69, 9.17) is 16.0 Å². The molecule has 20 heavy (non-hydrogen) atoms. The summed E-state index contributed by atoms with van der Waals surface area (Å²) in [7, 11) is 0. The molecule has 1 fully saturated rings. The Morgan fingerprint density at radius 3 is 2.70 bits per heavy atom. The molecule has 110 valence electrons. The van der Waals surface area contributed by atoms with Crippen LogP contribution in [0.15, 0.2) is 29.4 Å². The predicted octanol–water partition coefficient (Wildman–Crippen LogP) is 1.52. The molecule has 1 heterocycles. The second-order valence-corrected chi connectivity index (χ2v) is 5.31. The van der Waals surface area contributed by atoms with Gasteiger partial charge in [-0.15, -0.1) is 0 Å². The number of oxime groups is 1. The lowest BCUT2D eigenvalue weighted by molar-refractivity contribution is 0.112. The van der Waals surface area contributed by atoms with Crippen LogP contribution in [-0.4, -0.2) is 40.2 Å². The summed E-state index contributed by atoms with van der Waals surface area (Å²) in [5.74, 6) is 0.132. The van der Waals surface area contributed by atoms with Gasteiger partial charge in [0.05, 0.1) is 0 Å². The summed E-state index contributed by atoms with van der Waals surface area (Å²) in [6.45, 7) is 2.23. The summed E-state index contributed by atoms with van der Waals surface area (Å²) in [6.07, 6.45) is 4.50. The molecular formula is C15H23N3O2. The van der Waals surface area contributed by atoms with Crippen molar-refractivity contribution in [3.05, 3.63) is 35.4 Å². The highest BCUT2D eigenvalue weighted by Crippen LogP contribution is 2.21. The third-order valence-corrected chi connectivity index (χ3v) is 3.95. The first kappa shape index (κ1) is 14.8. The number of nitrogens with zero attached hydrogens (tertiary/aromatic N) is 2. The molecule has 0 saturated carbocycles. The number of aliphatic hydroxyl groups is 1. The number of amidine groups is 1. The first-order valence-corrected chi connectivity index (χ1v) is 7.16. The Labute approximate surface area is 119 Å². The van der Waals surface area contributed by atoms with Gasteiger partial charge in [0.15, 0.2) is 5.84 Å². The smallest absolute Gasteiger partial charge is 0.170 e. The van der Waals surface area contributed by atoms with Crippen LogP contribution < -0.4 is 5.73 Å². The highest BCUT2D eigenvalue weighted by molar-refractivity contribution is 5.96. The summed E-state index contributed by atoms with van der Waals surface area (Å²) in [4.78, 5) is 2.44. The van der Waals surface area contributed by atoms with Crippen molar-refractivity contribution in [3.63, 3.8) is 0 Å².